The molecule has 0 rings (SSSR count). The number of hydrogen-bond donors (Lipinski definition) is 0. The fourth-order valence-electron chi connectivity index (χ4n) is 1.24. The van der Waals surface area contributed by atoms with Crippen molar-refractivity contribution in [1.29, 1.82) is 0 Å². The monoisotopic (exact) mass is 169 g/mol. The minimum Gasteiger partial charge on any atom is -0.237 e. The number of rotatable bonds is 8. The minimum atomic E-state index is 0.110. The molecule has 0 N–H and O–H groups in total. The summed E-state index contributed by atoms with van der Waals surface area (Å²) in [5.74, 6) is 0. The maximum atomic E-state index is 10.1. The second kappa shape index (κ2) is 10.7. The third-order valence-electron chi connectivity index (χ3n) is 2.00. The highest BCUT2D eigenvalue weighted by Gasteiger charge is 1.89. The van der Waals surface area contributed by atoms with E-state index in [1.54, 1.807) is 0 Å². The topological polar surface area (TPSA) is 19.9 Å². The molecule has 1 heteroatoms. The van der Waals surface area contributed by atoms with Gasteiger partial charge in [0, 0.05) is 0 Å². The molecule has 0 aromatic heterocycles. The SMILES string of the molecule is C/C=C/CCCCCCCC[O]. The maximum Gasteiger partial charge on any atom is 0.0822 e. The zero-order valence-electron chi connectivity index (χ0n) is 8.22. The first-order valence-corrected chi connectivity index (χ1v) is 5.11. The van der Waals surface area contributed by atoms with E-state index in [0.717, 1.165) is 12.8 Å². The van der Waals surface area contributed by atoms with Crippen molar-refractivity contribution >= 4 is 0 Å². The molecule has 12 heavy (non-hydrogen) atoms. The largest absolute Gasteiger partial charge is 0.237 e. The first kappa shape index (κ1) is 11.7. The van der Waals surface area contributed by atoms with Gasteiger partial charge in [-0.2, -0.15) is 0 Å². The van der Waals surface area contributed by atoms with E-state index in [0.29, 0.717) is 0 Å². The molecular formula is C11H21O. The van der Waals surface area contributed by atoms with Crippen LogP contribution >= 0.6 is 0 Å². The second-order valence-corrected chi connectivity index (χ2v) is 3.18. The van der Waals surface area contributed by atoms with E-state index in [-0.39, 0.29) is 6.61 Å². The van der Waals surface area contributed by atoms with Crippen LogP contribution in [0.1, 0.15) is 51.9 Å². The quantitative estimate of drug-likeness (QED) is 0.390. The van der Waals surface area contributed by atoms with E-state index in [1.165, 1.54) is 32.1 Å². The molecule has 1 radical (unpaired) electrons. The van der Waals surface area contributed by atoms with Crippen LogP contribution in [-0.2, 0) is 5.11 Å². The van der Waals surface area contributed by atoms with E-state index in [9.17, 15) is 5.11 Å². The fraction of sp³-hybridized carbons (Fsp3) is 0.818. The Balaban J connectivity index is 2.81. The van der Waals surface area contributed by atoms with Gasteiger partial charge in [0.1, 0.15) is 0 Å². The summed E-state index contributed by atoms with van der Waals surface area (Å²) in [4.78, 5) is 0. The van der Waals surface area contributed by atoms with Crippen molar-refractivity contribution in [3.05, 3.63) is 12.2 Å². The number of unbranched alkanes of at least 4 members (excludes halogenated alkanes) is 6. The molecule has 0 aliphatic carbocycles. The molecule has 0 bridgehead atoms. The van der Waals surface area contributed by atoms with Gasteiger partial charge in [-0.05, 0) is 26.2 Å². The van der Waals surface area contributed by atoms with Crippen molar-refractivity contribution in [2.45, 2.75) is 51.9 Å². The molecule has 1 nitrogen and oxygen atoms in total. The average Bonchev–Trinajstić information content (AvgIpc) is 2.10. The Hall–Kier alpha value is -0.300. The predicted molar refractivity (Wildman–Crippen MR) is 52.7 cm³/mol. The van der Waals surface area contributed by atoms with E-state index < -0.39 is 0 Å². The molecule has 0 amide bonds. The van der Waals surface area contributed by atoms with E-state index >= 15 is 0 Å². The van der Waals surface area contributed by atoms with Crippen LogP contribution in [0.2, 0.25) is 0 Å². The second-order valence-electron chi connectivity index (χ2n) is 3.18. The van der Waals surface area contributed by atoms with Gasteiger partial charge in [-0.3, -0.25) is 0 Å². The first-order valence-electron chi connectivity index (χ1n) is 5.11. The Kier molecular flexibility index (Phi) is 10.4. The molecule has 0 atom stereocenters. The first-order chi connectivity index (χ1) is 5.91. The van der Waals surface area contributed by atoms with Crippen molar-refractivity contribution in [2.24, 2.45) is 0 Å². The predicted octanol–water partition coefficient (Wildman–Crippen LogP) is 3.72. The molecule has 0 fully saturated rings. The summed E-state index contributed by atoms with van der Waals surface area (Å²) in [5, 5.41) is 10.1. The van der Waals surface area contributed by atoms with E-state index in [4.69, 9.17) is 0 Å². The van der Waals surface area contributed by atoms with Crippen LogP contribution in [0.5, 0.6) is 0 Å². The lowest BCUT2D eigenvalue weighted by molar-refractivity contribution is 0.186. The highest BCUT2D eigenvalue weighted by molar-refractivity contribution is 4.76. The number of hydrogen-bond acceptors (Lipinski definition) is 0. The third kappa shape index (κ3) is 9.70. The Morgan fingerprint density at radius 1 is 0.917 bits per heavy atom. The Morgan fingerprint density at radius 2 is 1.50 bits per heavy atom. The Morgan fingerprint density at radius 3 is 2.08 bits per heavy atom. The van der Waals surface area contributed by atoms with Crippen molar-refractivity contribution in [3.8, 4) is 0 Å². The van der Waals surface area contributed by atoms with Crippen molar-refractivity contribution in [3.63, 3.8) is 0 Å². The van der Waals surface area contributed by atoms with E-state index in [1.807, 2.05) is 0 Å². The number of allylic oxidation sites excluding steroid dienone is 2. The summed E-state index contributed by atoms with van der Waals surface area (Å²) in [5.41, 5.74) is 0. The average molecular weight is 169 g/mol. The molecule has 0 unspecified atom stereocenters. The molecular weight excluding hydrogens is 148 g/mol. The molecule has 0 aliphatic heterocycles. The van der Waals surface area contributed by atoms with Gasteiger partial charge in [0.15, 0.2) is 0 Å². The van der Waals surface area contributed by atoms with Gasteiger partial charge in [-0.15, -0.1) is 0 Å². The summed E-state index contributed by atoms with van der Waals surface area (Å²) in [6, 6.07) is 0. The van der Waals surface area contributed by atoms with Crippen LogP contribution in [0, 0.1) is 0 Å². The lowest BCUT2D eigenvalue weighted by Crippen LogP contribution is -1.82. The van der Waals surface area contributed by atoms with Crippen LogP contribution in [0.4, 0.5) is 0 Å². The summed E-state index contributed by atoms with van der Waals surface area (Å²) in [6.45, 7) is 2.17. The van der Waals surface area contributed by atoms with Gasteiger partial charge < -0.3 is 0 Å². The summed E-state index contributed by atoms with van der Waals surface area (Å²) < 4.78 is 0. The van der Waals surface area contributed by atoms with Gasteiger partial charge in [0.05, 0.1) is 6.61 Å². The van der Waals surface area contributed by atoms with Gasteiger partial charge in [-0.1, -0.05) is 37.8 Å². The fourth-order valence-corrected chi connectivity index (χ4v) is 1.24. The highest BCUT2D eigenvalue weighted by atomic mass is 16.2. The smallest absolute Gasteiger partial charge is 0.0822 e. The summed E-state index contributed by atoms with van der Waals surface area (Å²) in [6.07, 6.45) is 12.7. The van der Waals surface area contributed by atoms with Gasteiger partial charge in [0.25, 0.3) is 0 Å². The summed E-state index contributed by atoms with van der Waals surface area (Å²) >= 11 is 0. The zero-order chi connectivity index (χ0) is 9.07. The zero-order valence-corrected chi connectivity index (χ0v) is 8.22. The van der Waals surface area contributed by atoms with Gasteiger partial charge in [-0.25, -0.2) is 5.11 Å². The summed E-state index contributed by atoms with van der Waals surface area (Å²) in [7, 11) is 0. The van der Waals surface area contributed by atoms with E-state index in [2.05, 4.69) is 19.1 Å². The molecule has 0 aromatic carbocycles. The van der Waals surface area contributed by atoms with Crippen molar-refractivity contribution in [1.82, 2.24) is 0 Å². The maximum absolute atomic E-state index is 10.1. The van der Waals surface area contributed by atoms with Gasteiger partial charge >= 0.3 is 0 Å². The Bertz CT molecular complexity index is 97.2. The van der Waals surface area contributed by atoms with Crippen molar-refractivity contribution in [2.75, 3.05) is 6.61 Å². The van der Waals surface area contributed by atoms with Gasteiger partial charge in [0.2, 0.25) is 0 Å². The molecule has 0 aromatic rings. The molecule has 0 saturated heterocycles. The van der Waals surface area contributed by atoms with Crippen LogP contribution in [0.15, 0.2) is 12.2 Å². The molecule has 0 heterocycles. The highest BCUT2D eigenvalue weighted by Crippen LogP contribution is 2.06. The van der Waals surface area contributed by atoms with Crippen molar-refractivity contribution < 1.29 is 5.11 Å². The third-order valence-corrected chi connectivity index (χ3v) is 2.00. The van der Waals surface area contributed by atoms with Crippen LogP contribution in [0.25, 0.3) is 0 Å². The standard InChI is InChI=1S/C11H21O/c1-2-3-4-5-6-7-8-9-10-11-12/h2-3H,4-11H2,1H3/b3-2+. The van der Waals surface area contributed by atoms with Crippen LogP contribution in [-0.4, -0.2) is 6.61 Å². The molecule has 0 spiro atoms. The lowest BCUT2D eigenvalue weighted by Gasteiger charge is -1.97. The lowest BCUT2D eigenvalue weighted by atomic mass is 10.1. The Labute approximate surface area is 76.5 Å². The minimum absolute atomic E-state index is 0.110. The van der Waals surface area contributed by atoms with Crippen LogP contribution < -0.4 is 0 Å². The van der Waals surface area contributed by atoms with Crippen LogP contribution in [0.3, 0.4) is 0 Å². The molecule has 0 aliphatic rings. The normalized spacial score (nSPS) is 11.2. The molecule has 71 valence electrons. The molecule has 0 saturated carbocycles.